The van der Waals surface area contributed by atoms with Crippen LogP contribution in [0.2, 0.25) is 0 Å². The van der Waals surface area contributed by atoms with Crippen LogP contribution >= 0.6 is 11.3 Å². The Morgan fingerprint density at radius 3 is 1.14 bits per heavy atom. The molecule has 13 rings (SSSR count). The van der Waals surface area contributed by atoms with Gasteiger partial charge in [-0.25, -0.2) is 0 Å². The molecule has 0 aliphatic carbocycles. The summed E-state index contributed by atoms with van der Waals surface area (Å²) in [5, 5.41) is 15.3. The highest BCUT2D eigenvalue weighted by molar-refractivity contribution is 7.26. The van der Waals surface area contributed by atoms with Gasteiger partial charge in [0.1, 0.15) is 0 Å². The molecule has 0 N–H and O–H groups in total. The van der Waals surface area contributed by atoms with Gasteiger partial charge in [-0.15, -0.1) is 11.3 Å². The lowest BCUT2D eigenvalue weighted by molar-refractivity contribution is 1.64. The monoisotopic (exact) mass is 814 g/mol. The Hall–Kier alpha value is -7.84. The second-order valence-corrected chi connectivity index (χ2v) is 17.7. The molecule has 0 bridgehead atoms. The van der Waals surface area contributed by atoms with Crippen molar-refractivity contribution in [3.8, 4) is 55.6 Å². The Bertz CT molecular complexity index is 3840. The second kappa shape index (κ2) is 14.4. The van der Waals surface area contributed by atoms with E-state index in [9.17, 15) is 0 Å². The minimum absolute atomic E-state index is 1.23. The Morgan fingerprint density at radius 1 is 0.206 bits per heavy atom. The van der Waals surface area contributed by atoms with Gasteiger partial charge in [0.2, 0.25) is 0 Å². The number of benzene rings is 12. The van der Waals surface area contributed by atoms with Gasteiger partial charge in [-0.3, -0.25) is 0 Å². The fourth-order valence-corrected chi connectivity index (χ4v) is 11.8. The van der Waals surface area contributed by atoms with Crippen LogP contribution in [0, 0.1) is 0 Å². The van der Waals surface area contributed by atoms with Crippen molar-refractivity contribution in [2.75, 3.05) is 0 Å². The highest BCUT2D eigenvalue weighted by Crippen LogP contribution is 2.50. The molecule has 12 aromatic carbocycles. The van der Waals surface area contributed by atoms with Crippen LogP contribution in [0.1, 0.15) is 0 Å². The fraction of sp³-hybridized carbons (Fsp3) is 0. The topological polar surface area (TPSA) is 0 Å². The van der Waals surface area contributed by atoms with Gasteiger partial charge in [0, 0.05) is 25.7 Å². The van der Waals surface area contributed by atoms with Crippen LogP contribution in [0.15, 0.2) is 231 Å². The molecule has 63 heavy (non-hydrogen) atoms. The normalized spacial score (nSPS) is 11.8. The standard InChI is InChI=1S/C62H38S/c1-3-18-39(19-4-1)42-35-36-53(44-23-8-7-22-43(42)44)60-49-28-13-11-26-47(49)59(48-27-12-14-29-50(48)60)41-34-37-57-56(38-41)54-32-17-33-55(62(54)63-57)61-51-30-15-9-24-45(51)58(40-20-5-2-6-21-40)46-25-10-16-31-52(46)61/h1-38H. The minimum atomic E-state index is 1.23. The summed E-state index contributed by atoms with van der Waals surface area (Å²) in [4.78, 5) is 0. The molecule has 0 amide bonds. The van der Waals surface area contributed by atoms with E-state index in [1.807, 2.05) is 11.3 Å². The molecule has 1 aromatic heterocycles. The molecule has 0 spiro atoms. The molecule has 1 heterocycles. The molecular weight excluding hydrogens is 777 g/mol. The summed E-state index contributed by atoms with van der Waals surface area (Å²) in [5.41, 5.74) is 12.7. The molecule has 0 saturated carbocycles. The summed E-state index contributed by atoms with van der Waals surface area (Å²) in [7, 11) is 0. The fourth-order valence-electron chi connectivity index (χ4n) is 10.6. The van der Waals surface area contributed by atoms with Crippen LogP contribution < -0.4 is 0 Å². The maximum Gasteiger partial charge on any atom is 0.0434 e. The highest BCUT2D eigenvalue weighted by Gasteiger charge is 2.22. The van der Waals surface area contributed by atoms with Crippen LogP contribution in [0.3, 0.4) is 0 Å². The SMILES string of the molecule is c1ccc(-c2ccc(-c3c4ccccc4c(-c4ccc5sc6c(-c7c8ccccc8c(-c8ccccc8)c8ccccc78)cccc6c5c4)c4ccccc34)c3ccccc23)cc1. The van der Waals surface area contributed by atoms with Crippen LogP contribution in [0.25, 0.3) is 130 Å². The van der Waals surface area contributed by atoms with E-state index >= 15 is 0 Å². The summed E-state index contributed by atoms with van der Waals surface area (Å²) < 4.78 is 2.62. The Kier molecular flexibility index (Phi) is 8.19. The summed E-state index contributed by atoms with van der Waals surface area (Å²) in [6, 6.07) is 85.4. The highest BCUT2D eigenvalue weighted by atomic mass is 32.1. The van der Waals surface area contributed by atoms with Gasteiger partial charge in [-0.2, -0.15) is 0 Å². The quantitative estimate of drug-likeness (QED) is 0.152. The predicted molar refractivity (Wildman–Crippen MR) is 274 cm³/mol. The predicted octanol–water partition coefficient (Wildman–Crippen LogP) is 18.2. The number of fused-ring (bicyclic) bond motifs is 8. The average molecular weight is 815 g/mol. The van der Waals surface area contributed by atoms with Crippen LogP contribution in [0.4, 0.5) is 0 Å². The van der Waals surface area contributed by atoms with E-state index < -0.39 is 0 Å². The molecular formula is C62H38S. The number of hydrogen-bond donors (Lipinski definition) is 0. The summed E-state index contributed by atoms with van der Waals surface area (Å²) in [5.74, 6) is 0. The average Bonchev–Trinajstić information content (AvgIpc) is 3.73. The van der Waals surface area contributed by atoms with Crippen molar-refractivity contribution in [2.24, 2.45) is 0 Å². The molecule has 13 aromatic rings. The van der Waals surface area contributed by atoms with Gasteiger partial charge >= 0.3 is 0 Å². The molecule has 292 valence electrons. The third kappa shape index (κ3) is 5.54. The number of thiophene rings is 1. The first kappa shape index (κ1) is 35.9. The molecule has 0 fully saturated rings. The lowest BCUT2D eigenvalue weighted by Gasteiger charge is -2.19. The molecule has 0 saturated heterocycles. The smallest absolute Gasteiger partial charge is 0.0434 e. The van der Waals surface area contributed by atoms with E-state index in [0.717, 1.165) is 0 Å². The maximum absolute atomic E-state index is 2.46. The van der Waals surface area contributed by atoms with Crippen molar-refractivity contribution >= 4 is 85.4 Å². The van der Waals surface area contributed by atoms with Crippen molar-refractivity contribution in [3.05, 3.63) is 231 Å². The Balaban J connectivity index is 1.04. The van der Waals surface area contributed by atoms with E-state index in [2.05, 4.69) is 231 Å². The van der Waals surface area contributed by atoms with Crippen molar-refractivity contribution < 1.29 is 0 Å². The summed E-state index contributed by atoms with van der Waals surface area (Å²) in [6.07, 6.45) is 0. The van der Waals surface area contributed by atoms with Crippen molar-refractivity contribution in [1.82, 2.24) is 0 Å². The first-order valence-electron chi connectivity index (χ1n) is 21.8. The maximum atomic E-state index is 2.46. The molecule has 0 atom stereocenters. The molecule has 0 aliphatic rings. The van der Waals surface area contributed by atoms with Gasteiger partial charge in [0.05, 0.1) is 0 Å². The minimum Gasteiger partial charge on any atom is -0.135 e. The third-order valence-corrected chi connectivity index (χ3v) is 14.5. The molecule has 0 radical (unpaired) electrons. The van der Waals surface area contributed by atoms with Crippen molar-refractivity contribution in [1.29, 1.82) is 0 Å². The lowest BCUT2D eigenvalue weighted by Crippen LogP contribution is -1.92. The lowest BCUT2D eigenvalue weighted by atomic mass is 9.83. The van der Waals surface area contributed by atoms with Crippen molar-refractivity contribution in [3.63, 3.8) is 0 Å². The zero-order valence-electron chi connectivity index (χ0n) is 34.3. The molecule has 0 aliphatic heterocycles. The number of rotatable bonds is 5. The molecule has 1 heteroatoms. The largest absolute Gasteiger partial charge is 0.135 e. The zero-order chi connectivity index (χ0) is 41.4. The Labute approximate surface area is 369 Å². The van der Waals surface area contributed by atoms with E-state index in [1.165, 1.54) is 130 Å². The zero-order valence-corrected chi connectivity index (χ0v) is 35.2. The molecule has 0 unspecified atom stereocenters. The van der Waals surface area contributed by atoms with Crippen LogP contribution in [-0.2, 0) is 0 Å². The summed E-state index contributed by atoms with van der Waals surface area (Å²) in [6.45, 7) is 0. The van der Waals surface area contributed by atoms with Gasteiger partial charge in [0.25, 0.3) is 0 Å². The first-order valence-corrected chi connectivity index (χ1v) is 22.6. The van der Waals surface area contributed by atoms with Gasteiger partial charge in [0.15, 0.2) is 0 Å². The van der Waals surface area contributed by atoms with Gasteiger partial charge in [-0.05, 0) is 116 Å². The molecule has 0 nitrogen and oxygen atoms in total. The Morgan fingerprint density at radius 2 is 0.603 bits per heavy atom. The van der Waals surface area contributed by atoms with Crippen molar-refractivity contribution in [2.45, 2.75) is 0 Å². The second-order valence-electron chi connectivity index (χ2n) is 16.6. The van der Waals surface area contributed by atoms with Gasteiger partial charge < -0.3 is 0 Å². The van der Waals surface area contributed by atoms with Crippen LogP contribution in [0.5, 0.6) is 0 Å². The van der Waals surface area contributed by atoms with E-state index in [0.29, 0.717) is 0 Å². The van der Waals surface area contributed by atoms with E-state index in [4.69, 9.17) is 0 Å². The van der Waals surface area contributed by atoms with Crippen LogP contribution in [-0.4, -0.2) is 0 Å². The van der Waals surface area contributed by atoms with E-state index in [1.54, 1.807) is 0 Å². The number of hydrogen-bond acceptors (Lipinski definition) is 1. The van der Waals surface area contributed by atoms with Gasteiger partial charge in [-0.1, -0.05) is 218 Å². The first-order chi connectivity index (χ1) is 31.3. The third-order valence-electron chi connectivity index (χ3n) is 13.3. The summed E-state index contributed by atoms with van der Waals surface area (Å²) >= 11 is 1.91. The van der Waals surface area contributed by atoms with E-state index in [-0.39, 0.29) is 0 Å².